The molecule has 0 aromatic heterocycles. The number of likely N-dealkylation sites (N-methyl/N-ethyl adjacent to an activating group) is 1. The summed E-state index contributed by atoms with van der Waals surface area (Å²) in [6.45, 7) is 2.33. The smallest absolute Gasteiger partial charge is 0.446 e. The number of likely N-dealkylation sites (tertiary alicyclic amines) is 1. The molecule has 1 aromatic carbocycles. The standard InChI is InChI=1S/C30H33NO15.C2HF3O/c1-13(32)42-23(24(43-14(2)33)28(39)45-18(26(36)37)12-20(34)35)27(38)44-17-7-8-30(40)19-11-15-5-6-16(41-4)22-21(15)29(30,25(17)46-22)9-10-31(19)3;3-2(4,5)1-6/h5-7,18-19,23-25,40H,8-12H2,1-4H3,(H,34,35)(H,36,37);1H/t18-,19+,23+,24+,25-,29-,30+;/m0./s1. The van der Waals surface area contributed by atoms with Crippen molar-refractivity contribution in [3.05, 3.63) is 35.1 Å². The molecule has 0 saturated carbocycles. The monoisotopic (exact) mass is 745 g/mol. The van der Waals surface area contributed by atoms with Crippen molar-refractivity contribution in [3.8, 4) is 11.5 Å². The quantitative estimate of drug-likeness (QED) is 0.160. The number of hydrogen-bond acceptors (Lipinski definition) is 15. The summed E-state index contributed by atoms with van der Waals surface area (Å²) in [5, 5.41) is 30.7. The van der Waals surface area contributed by atoms with E-state index >= 15 is 0 Å². The van der Waals surface area contributed by atoms with Crippen molar-refractivity contribution in [1.29, 1.82) is 0 Å². The number of methoxy groups -OCH3 is 1. The number of aliphatic hydroxyl groups is 1. The molecule has 3 N–H and O–H groups in total. The predicted molar refractivity (Wildman–Crippen MR) is 161 cm³/mol. The molecule has 1 saturated heterocycles. The van der Waals surface area contributed by atoms with Gasteiger partial charge in [-0.2, -0.15) is 13.2 Å². The van der Waals surface area contributed by atoms with Crippen molar-refractivity contribution >= 4 is 42.1 Å². The molecule has 2 heterocycles. The molecule has 1 spiro atoms. The van der Waals surface area contributed by atoms with Gasteiger partial charge < -0.3 is 48.6 Å². The maximum atomic E-state index is 13.7. The molecule has 0 amide bonds. The van der Waals surface area contributed by atoms with Gasteiger partial charge in [-0.3, -0.25) is 19.2 Å². The summed E-state index contributed by atoms with van der Waals surface area (Å²) in [4.78, 5) is 84.2. The molecule has 1 fully saturated rings. The van der Waals surface area contributed by atoms with Crippen molar-refractivity contribution in [3.63, 3.8) is 0 Å². The molecule has 2 aliphatic carbocycles. The number of carboxylic acids is 2. The number of nitrogens with zero attached hydrogens (tertiary/aromatic N) is 1. The van der Waals surface area contributed by atoms with Crippen LogP contribution in [-0.2, 0) is 64.3 Å². The molecule has 284 valence electrons. The van der Waals surface area contributed by atoms with Gasteiger partial charge in [0.15, 0.2) is 17.6 Å². The summed E-state index contributed by atoms with van der Waals surface area (Å²) in [6, 6.07) is 3.35. The zero-order valence-corrected chi connectivity index (χ0v) is 28.0. The second kappa shape index (κ2) is 14.8. The molecule has 2 bridgehead atoms. The molecular weight excluding hydrogens is 711 g/mol. The van der Waals surface area contributed by atoms with Gasteiger partial charge in [0.2, 0.25) is 24.6 Å². The number of carbonyl (C=O) groups excluding carboxylic acids is 5. The average Bonchev–Trinajstić information content (AvgIpc) is 3.40. The van der Waals surface area contributed by atoms with E-state index in [2.05, 4.69) is 4.90 Å². The number of carbonyl (C=O) groups is 7. The fourth-order valence-electron chi connectivity index (χ4n) is 7.13. The summed E-state index contributed by atoms with van der Waals surface area (Å²) in [6.07, 6.45) is -12.4. The molecule has 17 nitrogen and oxygen atoms in total. The van der Waals surface area contributed by atoms with Gasteiger partial charge in [-0.05, 0) is 44.1 Å². The molecular formula is C32H34F3NO16. The second-order valence-electron chi connectivity index (χ2n) is 12.3. The van der Waals surface area contributed by atoms with Crippen molar-refractivity contribution in [2.75, 3.05) is 20.7 Å². The first-order chi connectivity index (χ1) is 24.2. The number of rotatable bonds is 11. The Morgan fingerprint density at radius 1 is 1.04 bits per heavy atom. The number of hydrogen-bond donors (Lipinski definition) is 3. The van der Waals surface area contributed by atoms with Crippen LogP contribution in [0.15, 0.2) is 24.0 Å². The van der Waals surface area contributed by atoms with Crippen LogP contribution >= 0.6 is 0 Å². The molecule has 2 aliphatic heterocycles. The van der Waals surface area contributed by atoms with Gasteiger partial charge >= 0.3 is 42.0 Å². The predicted octanol–water partition coefficient (Wildman–Crippen LogP) is 0.598. The van der Waals surface area contributed by atoms with Gasteiger partial charge in [-0.15, -0.1) is 0 Å². The SMILES string of the molecule is COc1ccc2c3c1O[C@H]1C(OC(=O)[C@H](OC(C)=O)[C@@H](OC(C)=O)C(=O)O[C@@H](CC(=O)O)C(=O)O)=CC[C@@]4(O)[C@@H](C2)N(C)CC[C@]314.O=CC(F)(F)F. The Kier molecular flexibility index (Phi) is 11.2. The van der Waals surface area contributed by atoms with Crippen LogP contribution in [0.2, 0.25) is 0 Å². The highest BCUT2D eigenvalue weighted by Gasteiger charge is 2.72. The third-order valence-electron chi connectivity index (χ3n) is 9.13. The molecule has 5 rings (SSSR count). The van der Waals surface area contributed by atoms with E-state index in [-0.39, 0.29) is 18.2 Å². The summed E-state index contributed by atoms with van der Waals surface area (Å²) < 4.78 is 63.6. The molecule has 0 radical (unpaired) electrons. The first-order valence-corrected chi connectivity index (χ1v) is 15.4. The van der Waals surface area contributed by atoms with Crippen LogP contribution in [0.3, 0.4) is 0 Å². The van der Waals surface area contributed by atoms with Crippen LogP contribution in [0.4, 0.5) is 13.2 Å². The van der Waals surface area contributed by atoms with E-state index in [0.717, 1.165) is 25.0 Å². The van der Waals surface area contributed by atoms with E-state index in [1.165, 1.54) is 13.2 Å². The van der Waals surface area contributed by atoms with Crippen LogP contribution in [0.5, 0.6) is 11.5 Å². The van der Waals surface area contributed by atoms with Crippen molar-refractivity contribution in [1.82, 2.24) is 4.90 Å². The first kappa shape index (κ1) is 39.5. The van der Waals surface area contributed by atoms with E-state index in [9.17, 15) is 52.2 Å². The highest BCUT2D eigenvalue weighted by atomic mass is 19.4. The van der Waals surface area contributed by atoms with Crippen LogP contribution in [0.1, 0.15) is 44.2 Å². The molecule has 0 unspecified atom stereocenters. The summed E-state index contributed by atoms with van der Waals surface area (Å²) in [5.41, 5.74) is -0.762. The number of aliphatic carboxylic acids is 2. The van der Waals surface area contributed by atoms with E-state index in [1.807, 2.05) is 13.1 Å². The fraction of sp³-hybridized carbons (Fsp3) is 0.531. The average molecular weight is 746 g/mol. The van der Waals surface area contributed by atoms with Gasteiger partial charge in [0.25, 0.3) is 0 Å². The highest BCUT2D eigenvalue weighted by molar-refractivity contribution is 5.91. The number of aldehydes is 1. The van der Waals surface area contributed by atoms with Crippen LogP contribution in [-0.4, -0.2) is 125 Å². The minimum absolute atomic E-state index is 0.0314. The first-order valence-electron chi connectivity index (χ1n) is 15.4. The van der Waals surface area contributed by atoms with Crippen molar-refractivity contribution < 1.29 is 90.5 Å². The lowest BCUT2D eigenvalue weighted by atomic mass is 9.50. The van der Waals surface area contributed by atoms with Gasteiger partial charge in [0.1, 0.15) is 5.76 Å². The number of esters is 4. The summed E-state index contributed by atoms with van der Waals surface area (Å²) in [7, 11) is 3.38. The second-order valence-corrected chi connectivity index (χ2v) is 12.3. The zero-order valence-electron chi connectivity index (χ0n) is 28.0. The van der Waals surface area contributed by atoms with Gasteiger partial charge in [-0.1, -0.05) is 6.07 Å². The maximum Gasteiger partial charge on any atom is 0.446 e. The zero-order chi connectivity index (χ0) is 38.9. The molecule has 4 aliphatic rings. The van der Waals surface area contributed by atoms with E-state index in [4.69, 9.17) is 38.3 Å². The lowest BCUT2D eigenvalue weighted by Gasteiger charge is -2.61. The fourth-order valence-corrected chi connectivity index (χ4v) is 7.13. The number of alkyl halides is 3. The van der Waals surface area contributed by atoms with Gasteiger partial charge in [0, 0.05) is 31.9 Å². The number of piperidine rings is 1. The van der Waals surface area contributed by atoms with Crippen molar-refractivity contribution in [2.24, 2.45) is 0 Å². The van der Waals surface area contributed by atoms with E-state index in [0.29, 0.717) is 30.9 Å². The van der Waals surface area contributed by atoms with Gasteiger partial charge in [-0.25, -0.2) is 14.4 Å². The molecule has 7 atom stereocenters. The molecule has 20 heteroatoms. The lowest BCUT2D eigenvalue weighted by Crippen LogP contribution is -2.74. The van der Waals surface area contributed by atoms with E-state index in [1.54, 1.807) is 6.07 Å². The Bertz CT molecular complexity index is 1690. The Hall–Kier alpha value is -5.24. The minimum atomic E-state index is -4.64. The number of halogens is 3. The van der Waals surface area contributed by atoms with E-state index < -0.39 is 90.1 Å². The Morgan fingerprint density at radius 3 is 2.15 bits per heavy atom. The Morgan fingerprint density at radius 2 is 1.63 bits per heavy atom. The molecule has 1 aromatic rings. The number of ether oxygens (including phenoxy) is 6. The largest absolute Gasteiger partial charge is 0.493 e. The van der Waals surface area contributed by atoms with Gasteiger partial charge in [0.05, 0.1) is 24.5 Å². The minimum Gasteiger partial charge on any atom is -0.493 e. The summed E-state index contributed by atoms with van der Waals surface area (Å²) in [5.74, 6) is -8.10. The van der Waals surface area contributed by atoms with Crippen molar-refractivity contribution in [2.45, 2.75) is 87.2 Å². The Labute approximate surface area is 292 Å². The third-order valence-corrected chi connectivity index (χ3v) is 9.13. The van der Waals surface area contributed by atoms with Crippen LogP contribution in [0, 0.1) is 0 Å². The number of benzene rings is 1. The van der Waals surface area contributed by atoms with Crippen LogP contribution < -0.4 is 9.47 Å². The Balaban J connectivity index is 0.000000929. The van der Waals surface area contributed by atoms with Crippen LogP contribution in [0.25, 0.3) is 0 Å². The molecule has 52 heavy (non-hydrogen) atoms. The highest BCUT2D eigenvalue weighted by Crippen LogP contribution is 2.65. The number of carboxylic acid groups (broad SMARTS) is 2. The maximum absolute atomic E-state index is 13.7. The third kappa shape index (κ3) is 7.38. The normalized spacial score (nSPS) is 25.5. The topological polar surface area (TPSA) is 239 Å². The summed E-state index contributed by atoms with van der Waals surface area (Å²) >= 11 is 0. The lowest BCUT2D eigenvalue weighted by molar-refractivity contribution is -0.195.